The van der Waals surface area contributed by atoms with Gasteiger partial charge >= 0.3 is 0 Å². The standard InChI is InChI=1S/C18H17F2N5OS/c1-10-21-16(18(27-10)22-14-7-12(19)6-13(20)8-14)17(26)23-15-4-5-25(24-15)9-11-2-3-11/h4-8,11,22H,2-3,9H2,1H3,(H,23,24,26). The summed E-state index contributed by atoms with van der Waals surface area (Å²) < 4.78 is 28.6. The van der Waals surface area contributed by atoms with E-state index >= 15 is 0 Å². The molecule has 1 aliphatic carbocycles. The van der Waals surface area contributed by atoms with Crippen molar-refractivity contribution >= 4 is 33.8 Å². The molecule has 3 aromatic rings. The number of amides is 1. The van der Waals surface area contributed by atoms with Crippen molar-refractivity contribution in [1.29, 1.82) is 0 Å². The average molecular weight is 389 g/mol. The van der Waals surface area contributed by atoms with E-state index in [0.717, 1.165) is 24.7 Å². The normalized spacial score (nSPS) is 13.6. The van der Waals surface area contributed by atoms with Crippen LogP contribution in [0.4, 0.5) is 25.3 Å². The first kappa shape index (κ1) is 17.6. The topological polar surface area (TPSA) is 71.8 Å². The lowest BCUT2D eigenvalue weighted by molar-refractivity contribution is 0.102. The number of benzene rings is 1. The number of nitrogens with one attached hydrogen (secondary N) is 2. The molecule has 4 rings (SSSR count). The summed E-state index contributed by atoms with van der Waals surface area (Å²) in [6.45, 7) is 2.60. The lowest BCUT2D eigenvalue weighted by atomic mass is 10.3. The summed E-state index contributed by atoms with van der Waals surface area (Å²) in [7, 11) is 0. The van der Waals surface area contributed by atoms with Gasteiger partial charge in [0.05, 0.1) is 5.01 Å². The molecule has 6 nitrogen and oxygen atoms in total. The Bertz CT molecular complexity index is 975. The highest BCUT2D eigenvalue weighted by atomic mass is 32.1. The number of thiazole rings is 1. The van der Waals surface area contributed by atoms with Gasteiger partial charge in [-0.1, -0.05) is 0 Å². The summed E-state index contributed by atoms with van der Waals surface area (Å²) >= 11 is 1.23. The first-order chi connectivity index (χ1) is 13.0. The number of rotatable bonds is 6. The second-order valence-electron chi connectivity index (χ2n) is 6.51. The van der Waals surface area contributed by atoms with E-state index in [9.17, 15) is 13.6 Å². The zero-order valence-corrected chi connectivity index (χ0v) is 15.3. The Morgan fingerprint density at radius 1 is 1.30 bits per heavy atom. The van der Waals surface area contributed by atoms with Crippen molar-refractivity contribution in [2.75, 3.05) is 10.6 Å². The fourth-order valence-electron chi connectivity index (χ4n) is 2.69. The number of hydrogen-bond acceptors (Lipinski definition) is 5. The molecule has 1 aliphatic rings. The van der Waals surface area contributed by atoms with E-state index in [4.69, 9.17) is 0 Å². The Kier molecular flexibility index (Phi) is 4.61. The van der Waals surface area contributed by atoms with Crippen LogP contribution >= 0.6 is 11.3 Å². The van der Waals surface area contributed by atoms with Gasteiger partial charge in [-0.15, -0.1) is 11.3 Å². The molecule has 140 valence electrons. The van der Waals surface area contributed by atoms with Crippen LogP contribution in [0.5, 0.6) is 0 Å². The molecule has 1 aromatic carbocycles. The predicted molar refractivity (Wildman–Crippen MR) is 99.4 cm³/mol. The lowest BCUT2D eigenvalue weighted by Gasteiger charge is -2.07. The molecule has 2 heterocycles. The van der Waals surface area contributed by atoms with Gasteiger partial charge in [0, 0.05) is 30.6 Å². The Morgan fingerprint density at radius 2 is 2.04 bits per heavy atom. The Hall–Kier alpha value is -2.81. The number of anilines is 3. The molecule has 27 heavy (non-hydrogen) atoms. The minimum Gasteiger partial charge on any atom is -0.345 e. The molecule has 0 aliphatic heterocycles. The van der Waals surface area contributed by atoms with E-state index in [1.807, 2.05) is 10.9 Å². The third-order valence-corrected chi connectivity index (χ3v) is 4.98. The molecule has 2 N–H and O–H groups in total. The van der Waals surface area contributed by atoms with Crippen molar-refractivity contribution in [1.82, 2.24) is 14.8 Å². The molecule has 0 bridgehead atoms. The van der Waals surface area contributed by atoms with Crippen LogP contribution in [0.15, 0.2) is 30.5 Å². The van der Waals surface area contributed by atoms with Crippen LogP contribution < -0.4 is 10.6 Å². The Labute approximate surface area is 158 Å². The summed E-state index contributed by atoms with van der Waals surface area (Å²) in [5.41, 5.74) is 0.359. The SMILES string of the molecule is Cc1nc(C(=O)Nc2ccn(CC3CC3)n2)c(Nc2cc(F)cc(F)c2)s1. The molecule has 1 saturated carbocycles. The molecular weight excluding hydrogens is 372 g/mol. The van der Waals surface area contributed by atoms with E-state index in [1.165, 1.54) is 24.2 Å². The number of nitrogens with zero attached hydrogens (tertiary/aromatic N) is 3. The van der Waals surface area contributed by atoms with E-state index < -0.39 is 17.5 Å². The largest absolute Gasteiger partial charge is 0.345 e. The fraction of sp³-hybridized carbons (Fsp3) is 0.278. The first-order valence-electron chi connectivity index (χ1n) is 8.51. The molecule has 2 aromatic heterocycles. The van der Waals surface area contributed by atoms with Crippen molar-refractivity contribution in [3.63, 3.8) is 0 Å². The van der Waals surface area contributed by atoms with Crippen molar-refractivity contribution < 1.29 is 13.6 Å². The number of aromatic nitrogens is 3. The lowest BCUT2D eigenvalue weighted by Crippen LogP contribution is -2.15. The van der Waals surface area contributed by atoms with Crippen LogP contribution in [0.3, 0.4) is 0 Å². The molecule has 0 spiro atoms. The van der Waals surface area contributed by atoms with E-state index in [-0.39, 0.29) is 11.4 Å². The van der Waals surface area contributed by atoms with Crippen LogP contribution in [0.25, 0.3) is 0 Å². The van der Waals surface area contributed by atoms with Gasteiger partial charge in [-0.3, -0.25) is 9.48 Å². The third kappa shape index (κ3) is 4.30. The van der Waals surface area contributed by atoms with Crippen LogP contribution in [0.2, 0.25) is 0 Å². The number of carbonyl (C=O) groups excluding carboxylic acids is 1. The summed E-state index contributed by atoms with van der Waals surface area (Å²) in [5.74, 6) is -0.724. The van der Waals surface area contributed by atoms with Gasteiger partial charge in [-0.25, -0.2) is 13.8 Å². The molecular formula is C18H17F2N5OS. The maximum atomic E-state index is 13.4. The Balaban J connectivity index is 1.50. The first-order valence-corrected chi connectivity index (χ1v) is 9.33. The highest BCUT2D eigenvalue weighted by Crippen LogP contribution is 2.31. The van der Waals surface area contributed by atoms with Gasteiger partial charge in [-0.05, 0) is 37.8 Å². The number of carbonyl (C=O) groups is 1. The zero-order valence-electron chi connectivity index (χ0n) is 14.5. The minimum atomic E-state index is -0.703. The number of hydrogen-bond donors (Lipinski definition) is 2. The van der Waals surface area contributed by atoms with E-state index in [0.29, 0.717) is 21.7 Å². The smallest absolute Gasteiger partial charge is 0.278 e. The molecule has 0 unspecified atom stereocenters. The maximum absolute atomic E-state index is 13.4. The van der Waals surface area contributed by atoms with Crippen molar-refractivity contribution in [3.8, 4) is 0 Å². The second-order valence-corrected chi connectivity index (χ2v) is 7.72. The van der Waals surface area contributed by atoms with Crippen LogP contribution in [-0.4, -0.2) is 20.7 Å². The van der Waals surface area contributed by atoms with Gasteiger partial charge in [0.15, 0.2) is 11.5 Å². The van der Waals surface area contributed by atoms with Gasteiger partial charge in [0.25, 0.3) is 5.91 Å². The van der Waals surface area contributed by atoms with E-state index in [2.05, 4.69) is 20.7 Å². The zero-order chi connectivity index (χ0) is 19.0. The molecule has 0 atom stereocenters. The summed E-state index contributed by atoms with van der Waals surface area (Å²) in [6.07, 6.45) is 4.26. The van der Waals surface area contributed by atoms with Crippen molar-refractivity contribution in [3.05, 3.63) is 52.8 Å². The van der Waals surface area contributed by atoms with Gasteiger partial charge in [-0.2, -0.15) is 5.10 Å². The van der Waals surface area contributed by atoms with Crippen molar-refractivity contribution in [2.45, 2.75) is 26.3 Å². The molecule has 1 fully saturated rings. The molecule has 1 amide bonds. The number of aryl methyl sites for hydroxylation is 1. The van der Waals surface area contributed by atoms with Crippen LogP contribution in [-0.2, 0) is 6.54 Å². The maximum Gasteiger partial charge on any atom is 0.278 e. The summed E-state index contributed by atoms with van der Waals surface area (Å²) in [6, 6.07) is 4.82. The average Bonchev–Trinajstić information content (AvgIpc) is 3.16. The molecule has 9 heteroatoms. The van der Waals surface area contributed by atoms with Crippen LogP contribution in [0.1, 0.15) is 28.3 Å². The predicted octanol–water partition coefficient (Wildman–Crippen LogP) is 4.33. The third-order valence-electron chi connectivity index (χ3n) is 4.09. The highest BCUT2D eigenvalue weighted by molar-refractivity contribution is 7.16. The monoisotopic (exact) mass is 389 g/mol. The van der Waals surface area contributed by atoms with Gasteiger partial charge in [0.2, 0.25) is 0 Å². The molecule has 0 saturated heterocycles. The highest BCUT2D eigenvalue weighted by Gasteiger charge is 2.23. The minimum absolute atomic E-state index is 0.152. The van der Waals surface area contributed by atoms with Crippen LogP contribution in [0, 0.1) is 24.5 Å². The Morgan fingerprint density at radius 3 is 2.74 bits per heavy atom. The summed E-state index contributed by atoms with van der Waals surface area (Å²) in [5, 5.41) is 11.0. The number of halogens is 2. The van der Waals surface area contributed by atoms with Gasteiger partial charge in [0.1, 0.15) is 16.6 Å². The fourth-order valence-corrected chi connectivity index (χ4v) is 3.53. The van der Waals surface area contributed by atoms with Gasteiger partial charge < -0.3 is 10.6 Å². The summed E-state index contributed by atoms with van der Waals surface area (Å²) in [4.78, 5) is 16.8. The molecule has 0 radical (unpaired) electrons. The van der Waals surface area contributed by atoms with Crippen molar-refractivity contribution in [2.24, 2.45) is 5.92 Å². The second kappa shape index (κ2) is 7.07. The van der Waals surface area contributed by atoms with E-state index in [1.54, 1.807) is 13.0 Å². The quantitative estimate of drug-likeness (QED) is 0.658.